The third-order valence-electron chi connectivity index (χ3n) is 4.38. The summed E-state index contributed by atoms with van der Waals surface area (Å²) in [6.45, 7) is 1.28. The number of unbranched alkanes of at least 4 members (excludes halogenated alkanes) is 1. The topological polar surface area (TPSA) is 38.7 Å². The van der Waals surface area contributed by atoms with Crippen LogP contribution < -0.4 is 9.47 Å². The van der Waals surface area contributed by atoms with Gasteiger partial charge in [-0.25, -0.2) is 0 Å². The van der Waals surface area contributed by atoms with Gasteiger partial charge in [-0.15, -0.1) is 0 Å². The van der Waals surface area contributed by atoms with Gasteiger partial charge < -0.3 is 14.6 Å². The number of aliphatic hydroxyl groups is 1. The fourth-order valence-corrected chi connectivity index (χ4v) is 2.87. The van der Waals surface area contributed by atoms with Crippen LogP contribution in [0.2, 0.25) is 0 Å². The Morgan fingerprint density at radius 1 is 0.667 bits per heavy atom. The van der Waals surface area contributed by atoms with Crippen LogP contribution in [-0.2, 0) is 19.6 Å². The fraction of sp³-hybridized carbons (Fsp3) is 0.250. The molecular formula is C24H26O3. The second-order valence-corrected chi connectivity index (χ2v) is 6.50. The van der Waals surface area contributed by atoms with E-state index in [1.54, 1.807) is 0 Å². The monoisotopic (exact) mass is 362 g/mol. The minimum absolute atomic E-state index is 0.221. The maximum atomic E-state index is 9.04. The molecule has 0 saturated carbocycles. The van der Waals surface area contributed by atoms with Gasteiger partial charge in [-0.2, -0.15) is 0 Å². The molecular weight excluding hydrogens is 336 g/mol. The molecule has 1 N–H and O–H groups in total. The Morgan fingerprint density at radius 2 is 1.30 bits per heavy atom. The van der Waals surface area contributed by atoms with Crippen LogP contribution in [0.3, 0.4) is 0 Å². The zero-order valence-electron chi connectivity index (χ0n) is 15.5. The number of ether oxygens (including phenoxy) is 2. The van der Waals surface area contributed by atoms with Gasteiger partial charge in [0.25, 0.3) is 0 Å². The lowest BCUT2D eigenvalue weighted by Gasteiger charge is -2.14. The van der Waals surface area contributed by atoms with Crippen molar-refractivity contribution >= 4 is 0 Å². The van der Waals surface area contributed by atoms with Crippen molar-refractivity contribution < 1.29 is 14.6 Å². The number of benzene rings is 3. The van der Waals surface area contributed by atoms with Crippen molar-refractivity contribution in [2.45, 2.75) is 32.5 Å². The number of hydrogen-bond donors (Lipinski definition) is 1. The van der Waals surface area contributed by atoms with Crippen LogP contribution in [0.15, 0.2) is 78.9 Å². The van der Waals surface area contributed by atoms with Gasteiger partial charge in [0.15, 0.2) is 0 Å². The molecule has 0 unspecified atom stereocenters. The summed E-state index contributed by atoms with van der Waals surface area (Å²) in [7, 11) is 0. The van der Waals surface area contributed by atoms with Gasteiger partial charge in [0, 0.05) is 12.7 Å². The first-order chi connectivity index (χ1) is 13.3. The summed E-state index contributed by atoms with van der Waals surface area (Å²) < 4.78 is 12.0. The Kier molecular flexibility index (Phi) is 7.31. The van der Waals surface area contributed by atoms with Gasteiger partial charge in [-0.3, -0.25) is 0 Å². The van der Waals surface area contributed by atoms with Crippen LogP contribution in [0.4, 0.5) is 0 Å². The summed E-state index contributed by atoms with van der Waals surface area (Å²) in [5.74, 6) is 1.65. The van der Waals surface area contributed by atoms with Crippen LogP contribution in [0.1, 0.15) is 29.5 Å². The predicted molar refractivity (Wildman–Crippen MR) is 108 cm³/mol. The molecule has 3 aromatic carbocycles. The standard InChI is InChI=1S/C24H26O3/c25-16-8-7-13-22-14-15-23(26-18-20-9-3-1-4-10-20)17-24(22)27-19-21-11-5-2-6-12-21/h1-6,9-12,14-15,17,25H,7-8,13,16,18-19H2. The highest BCUT2D eigenvalue weighted by Crippen LogP contribution is 2.28. The number of rotatable bonds is 10. The summed E-state index contributed by atoms with van der Waals surface area (Å²) in [5.41, 5.74) is 3.41. The van der Waals surface area contributed by atoms with Crippen molar-refractivity contribution in [3.63, 3.8) is 0 Å². The maximum absolute atomic E-state index is 9.04. The van der Waals surface area contributed by atoms with Gasteiger partial charge in [0.1, 0.15) is 24.7 Å². The van der Waals surface area contributed by atoms with Gasteiger partial charge in [-0.05, 0) is 42.0 Å². The van der Waals surface area contributed by atoms with Crippen molar-refractivity contribution in [3.8, 4) is 11.5 Å². The molecule has 3 rings (SSSR count). The highest BCUT2D eigenvalue weighted by molar-refractivity contribution is 5.41. The van der Waals surface area contributed by atoms with E-state index >= 15 is 0 Å². The van der Waals surface area contributed by atoms with Gasteiger partial charge in [0.2, 0.25) is 0 Å². The van der Waals surface area contributed by atoms with Crippen LogP contribution in [0, 0.1) is 0 Å². The molecule has 0 aliphatic carbocycles. The smallest absolute Gasteiger partial charge is 0.126 e. The van der Waals surface area contributed by atoms with E-state index in [4.69, 9.17) is 14.6 Å². The summed E-state index contributed by atoms with van der Waals surface area (Å²) >= 11 is 0. The second-order valence-electron chi connectivity index (χ2n) is 6.50. The third-order valence-corrected chi connectivity index (χ3v) is 4.38. The van der Waals surface area contributed by atoms with Crippen LogP contribution in [-0.4, -0.2) is 11.7 Å². The Bertz CT molecular complexity index is 800. The maximum Gasteiger partial charge on any atom is 0.126 e. The molecule has 3 nitrogen and oxygen atoms in total. The van der Waals surface area contributed by atoms with E-state index in [9.17, 15) is 0 Å². The lowest BCUT2D eigenvalue weighted by Crippen LogP contribution is -2.01. The molecule has 0 saturated heterocycles. The van der Waals surface area contributed by atoms with Gasteiger partial charge >= 0.3 is 0 Å². The van der Waals surface area contributed by atoms with Crippen molar-refractivity contribution in [1.29, 1.82) is 0 Å². The summed E-state index contributed by atoms with van der Waals surface area (Å²) in [6, 6.07) is 26.3. The molecule has 27 heavy (non-hydrogen) atoms. The number of hydrogen-bond acceptors (Lipinski definition) is 3. The summed E-state index contributed by atoms with van der Waals surface area (Å²) in [5, 5.41) is 9.04. The molecule has 0 radical (unpaired) electrons. The van der Waals surface area contributed by atoms with Crippen LogP contribution in [0.25, 0.3) is 0 Å². The van der Waals surface area contributed by atoms with Crippen molar-refractivity contribution in [2.24, 2.45) is 0 Å². The minimum Gasteiger partial charge on any atom is -0.489 e. The third kappa shape index (κ3) is 6.15. The zero-order valence-corrected chi connectivity index (χ0v) is 15.5. The molecule has 0 atom stereocenters. The largest absolute Gasteiger partial charge is 0.489 e. The SMILES string of the molecule is OCCCCc1ccc(OCc2ccccc2)cc1OCc1ccccc1. The number of aryl methyl sites for hydroxylation is 1. The summed E-state index contributed by atoms with van der Waals surface area (Å²) in [6.07, 6.45) is 2.61. The second kappa shape index (κ2) is 10.4. The van der Waals surface area contributed by atoms with E-state index < -0.39 is 0 Å². The quantitative estimate of drug-likeness (QED) is 0.506. The highest BCUT2D eigenvalue weighted by Gasteiger charge is 2.08. The van der Waals surface area contributed by atoms with E-state index in [0.29, 0.717) is 13.2 Å². The zero-order chi connectivity index (χ0) is 18.7. The number of aliphatic hydroxyl groups excluding tert-OH is 1. The lowest BCUT2D eigenvalue weighted by atomic mass is 10.1. The Labute approximate surface area is 161 Å². The van der Waals surface area contributed by atoms with Gasteiger partial charge in [0.05, 0.1) is 0 Å². The first kappa shape index (κ1) is 19.0. The molecule has 0 bridgehead atoms. The molecule has 0 aromatic heterocycles. The van der Waals surface area contributed by atoms with Crippen LogP contribution >= 0.6 is 0 Å². The minimum atomic E-state index is 0.221. The molecule has 0 amide bonds. The Hall–Kier alpha value is -2.78. The lowest BCUT2D eigenvalue weighted by molar-refractivity contribution is 0.280. The molecule has 0 aliphatic rings. The first-order valence-electron chi connectivity index (χ1n) is 9.42. The molecule has 0 heterocycles. The van der Waals surface area contributed by atoms with Crippen molar-refractivity contribution in [3.05, 3.63) is 95.6 Å². The van der Waals surface area contributed by atoms with Crippen molar-refractivity contribution in [2.75, 3.05) is 6.61 Å². The highest BCUT2D eigenvalue weighted by atomic mass is 16.5. The van der Waals surface area contributed by atoms with Crippen molar-refractivity contribution in [1.82, 2.24) is 0 Å². The Morgan fingerprint density at radius 3 is 1.93 bits per heavy atom. The molecule has 3 aromatic rings. The molecule has 0 aliphatic heterocycles. The first-order valence-corrected chi connectivity index (χ1v) is 9.42. The van der Waals surface area contributed by atoms with Gasteiger partial charge in [-0.1, -0.05) is 66.7 Å². The van der Waals surface area contributed by atoms with E-state index in [0.717, 1.165) is 47.5 Å². The van der Waals surface area contributed by atoms with E-state index in [-0.39, 0.29) is 6.61 Å². The Balaban J connectivity index is 1.69. The summed E-state index contributed by atoms with van der Waals surface area (Å²) in [4.78, 5) is 0. The molecule has 0 fully saturated rings. The van der Waals surface area contributed by atoms with E-state index in [2.05, 4.69) is 30.3 Å². The molecule has 140 valence electrons. The van der Waals surface area contributed by atoms with Crippen LogP contribution in [0.5, 0.6) is 11.5 Å². The molecule has 0 spiro atoms. The average Bonchev–Trinajstić information content (AvgIpc) is 2.73. The molecule has 3 heteroatoms. The normalized spacial score (nSPS) is 10.6. The predicted octanol–water partition coefficient (Wildman–Crippen LogP) is 5.16. The fourth-order valence-electron chi connectivity index (χ4n) is 2.87. The van der Waals surface area contributed by atoms with E-state index in [1.165, 1.54) is 0 Å². The average molecular weight is 362 g/mol. The van der Waals surface area contributed by atoms with E-state index in [1.807, 2.05) is 48.5 Å².